The number of nitrogens with zero attached hydrogens (tertiary/aromatic N) is 3. The van der Waals surface area contributed by atoms with Crippen molar-refractivity contribution in [2.24, 2.45) is 5.10 Å². The molecule has 0 heterocycles. The van der Waals surface area contributed by atoms with E-state index >= 15 is 0 Å². The summed E-state index contributed by atoms with van der Waals surface area (Å²) in [5.41, 5.74) is 4.03. The van der Waals surface area contributed by atoms with Crippen LogP contribution in [0.25, 0.3) is 0 Å². The number of hydrogen-bond donors (Lipinski definition) is 1. The predicted octanol–water partition coefficient (Wildman–Crippen LogP) is 2.16. The van der Waals surface area contributed by atoms with Gasteiger partial charge in [0.05, 0.1) is 29.2 Å². The summed E-state index contributed by atoms with van der Waals surface area (Å²) in [6.07, 6.45) is 1.45. The van der Waals surface area contributed by atoms with Crippen LogP contribution in [0.3, 0.4) is 0 Å². The van der Waals surface area contributed by atoms with Crippen LogP contribution in [0.1, 0.15) is 16.7 Å². The fraction of sp³-hybridized carbons (Fsp3) is 0.0625. The van der Waals surface area contributed by atoms with Gasteiger partial charge in [-0.05, 0) is 11.6 Å². The topological polar surface area (TPSA) is 108 Å². The van der Waals surface area contributed by atoms with Crippen LogP contribution >= 0.6 is 0 Å². The number of rotatable bonds is 5. The lowest BCUT2D eigenvalue weighted by atomic mass is 10.1. The number of non-ortho nitro benzene ring substituents is 1. The fourth-order valence-electron chi connectivity index (χ4n) is 1.85. The number of carbonyl (C=O) groups is 1. The summed E-state index contributed by atoms with van der Waals surface area (Å²) in [6.45, 7) is 0. The van der Waals surface area contributed by atoms with Gasteiger partial charge < -0.3 is 0 Å². The molecule has 0 aliphatic carbocycles. The van der Waals surface area contributed by atoms with Gasteiger partial charge in [0, 0.05) is 17.7 Å². The van der Waals surface area contributed by atoms with Gasteiger partial charge >= 0.3 is 0 Å². The third kappa shape index (κ3) is 4.47. The van der Waals surface area contributed by atoms with E-state index in [1.807, 2.05) is 6.07 Å². The highest BCUT2D eigenvalue weighted by molar-refractivity contribution is 5.85. The highest BCUT2D eigenvalue weighted by Gasteiger charge is 2.06. The molecule has 0 radical (unpaired) electrons. The molecule has 0 fully saturated rings. The summed E-state index contributed by atoms with van der Waals surface area (Å²) in [5, 5.41) is 23.3. The van der Waals surface area contributed by atoms with Gasteiger partial charge in [-0.2, -0.15) is 10.4 Å². The second kappa shape index (κ2) is 7.47. The molecule has 7 heteroatoms. The first-order valence-corrected chi connectivity index (χ1v) is 6.64. The van der Waals surface area contributed by atoms with Crippen LogP contribution in [0, 0.1) is 21.4 Å². The Hall–Kier alpha value is -3.53. The molecule has 1 N–H and O–H groups in total. The Kier molecular flexibility index (Phi) is 5.15. The monoisotopic (exact) mass is 308 g/mol. The zero-order valence-corrected chi connectivity index (χ0v) is 12.0. The van der Waals surface area contributed by atoms with Crippen LogP contribution in [-0.2, 0) is 11.2 Å². The smallest absolute Gasteiger partial charge is 0.269 e. The molecular weight excluding hydrogens is 296 g/mol. The number of nitro benzene ring substituents is 1. The van der Waals surface area contributed by atoms with E-state index in [1.54, 1.807) is 24.3 Å². The number of amides is 1. The zero-order chi connectivity index (χ0) is 16.7. The molecule has 2 rings (SSSR count). The first kappa shape index (κ1) is 15.9. The molecule has 2 aromatic rings. The SMILES string of the molecule is N#Cc1ccccc1/C=N\NC(=O)Cc1ccc([N+](=O)[O-])cc1. The van der Waals surface area contributed by atoms with Crippen molar-refractivity contribution in [2.75, 3.05) is 0 Å². The molecule has 114 valence electrons. The molecule has 0 aromatic heterocycles. The van der Waals surface area contributed by atoms with Crippen LogP contribution in [-0.4, -0.2) is 17.0 Å². The van der Waals surface area contributed by atoms with Crippen LogP contribution in [0.2, 0.25) is 0 Å². The largest absolute Gasteiger partial charge is 0.273 e. The van der Waals surface area contributed by atoms with Gasteiger partial charge in [-0.25, -0.2) is 5.43 Å². The van der Waals surface area contributed by atoms with E-state index in [0.717, 1.165) is 0 Å². The minimum atomic E-state index is -0.499. The summed E-state index contributed by atoms with van der Waals surface area (Å²) in [6, 6.07) is 14.6. The number of benzene rings is 2. The molecule has 0 atom stereocenters. The molecule has 7 nitrogen and oxygen atoms in total. The van der Waals surface area contributed by atoms with Gasteiger partial charge in [-0.3, -0.25) is 14.9 Å². The van der Waals surface area contributed by atoms with E-state index in [4.69, 9.17) is 5.26 Å². The maximum atomic E-state index is 11.8. The lowest BCUT2D eigenvalue weighted by molar-refractivity contribution is -0.384. The molecule has 1 amide bonds. The molecule has 0 saturated carbocycles. The number of nitrogens with one attached hydrogen (secondary N) is 1. The van der Waals surface area contributed by atoms with E-state index in [-0.39, 0.29) is 18.0 Å². The fourth-order valence-corrected chi connectivity index (χ4v) is 1.85. The molecule has 0 aliphatic heterocycles. The third-order valence-electron chi connectivity index (χ3n) is 2.99. The Morgan fingerprint density at radius 1 is 1.26 bits per heavy atom. The van der Waals surface area contributed by atoms with Crippen molar-refractivity contribution in [3.8, 4) is 6.07 Å². The van der Waals surface area contributed by atoms with E-state index in [9.17, 15) is 14.9 Å². The number of carbonyl (C=O) groups excluding carboxylic acids is 1. The number of hydrazone groups is 1. The Morgan fingerprint density at radius 3 is 2.61 bits per heavy atom. The Morgan fingerprint density at radius 2 is 1.96 bits per heavy atom. The number of nitriles is 1. The van der Waals surface area contributed by atoms with Gasteiger partial charge in [-0.1, -0.05) is 30.3 Å². The van der Waals surface area contributed by atoms with Crippen molar-refractivity contribution in [3.05, 3.63) is 75.3 Å². The van der Waals surface area contributed by atoms with Crippen molar-refractivity contribution in [1.82, 2.24) is 5.43 Å². The summed E-state index contributed by atoms with van der Waals surface area (Å²) in [5.74, 6) is -0.357. The van der Waals surface area contributed by atoms with Crippen LogP contribution < -0.4 is 5.43 Å². The zero-order valence-electron chi connectivity index (χ0n) is 12.0. The lowest BCUT2D eigenvalue weighted by Crippen LogP contribution is -2.19. The highest BCUT2D eigenvalue weighted by Crippen LogP contribution is 2.12. The molecule has 0 bridgehead atoms. The Bertz CT molecular complexity index is 792. The number of nitro groups is 1. The first-order valence-electron chi connectivity index (χ1n) is 6.64. The van der Waals surface area contributed by atoms with Crippen LogP contribution in [0.5, 0.6) is 0 Å². The van der Waals surface area contributed by atoms with Gasteiger partial charge in [-0.15, -0.1) is 0 Å². The summed E-state index contributed by atoms with van der Waals surface area (Å²) in [4.78, 5) is 21.8. The average Bonchev–Trinajstić information content (AvgIpc) is 2.55. The molecule has 0 aliphatic rings. The van der Waals surface area contributed by atoms with E-state index in [1.165, 1.54) is 30.5 Å². The minimum absolute atomic E-state index is 0.0275. The van der Waals surface area contributed by atoms with Crippen molar-refractivity contribution in [3.63, 3.8) is 0 Å². The Labute approximate surface area is 132 Å². The molecule has 0 spiro atoms. The van der Waals surface area contributed by atoms with Gasteiger partial charge in [0.25, 0.3) is 5.69 Å². The molecule has 2 aromatic carbocycles. The average molecular weight is 308 g/mol. The van der Waals surface area contributed by atoms with Crippen molar-refractivity contribution >= 4 is 17.8 Å². The summed E-state index contributed by atoms with van der Waals surface area (Å²) >= 11 is 0. The maximum Gasteiger partial charge on any atom is 0.269 e. The van der Waals surface area contributed by atoms with Gasteiger partial charge in [0.1, 0.15) is 0 Å². The molecular formula is C16H12N4O3. The predicted molar refractivity (Wildman–Crippen MR) is 83.7 cm³/mol. The van der Waals surface area contributed by atoms with Crippen molar-refractivity contribution < 1.29 is 9.72 Å². The second-order valence-electron chi connectivity index (χ2n) is 4.59. The molecule has 0 unspecified atom stereocenters. The summed E-state index contributed by atoms with van der Waals surface area (Å²) < 4.78 is 0. The maximum absolute atomic E-state index is 11.8. The van der Waals surface area contributed by atoms with Crippen molar-refractivity contribution in [1.29, 1.82) is 5.26 Å². The van der Waals surface area contributed by atoms with Crippen LogP contribution in [0.15, 0.2) is 53.6 Å². The third-order valence-corrected chi connectivity index (χ3v) is 2.99. The van der Waals surface area contributed by atoms with E-state index < -0.39 is 4.92 Å². The summed E-state index contributed by atoms with van der Waals surface area (Å²) in [7, 11) is 0. The lowest BCUT2D eigenvalue weighted by Gasteiger charge is -2.01. The van der Waals surface area contributed by atoms with E-state index in [0.29, 0.717) is 16.7 Å². The number of hydrogen-bond acceptors (Lipinski definition) is 5. The Balaban J connectivity index is 1.93. The highest BCUT2D eigenvalue weighted by atomic mass is 16.6. The van der Waals surface area contributed by atoms with Gasteiger partial charge in [0.2, 0.25) is 5.91 Å². The standard InChI is InChI=1S/C16H12N4O3/c17-10-13-3-1-2-4-14(13)11-18-19-16(21)9-12-5-7-15(8-6-12)20(22)23/h1-8,11H,9H2,(H,19,21)/b18-11-. The molecule has 0 saturated heterocycles. The quantitative estimate of drug-likeness (QED) is 0.518. The normalized spacial score (nSPS) is 10.2. The first-order chi connectivity index (χ1) is 11.1. The van der Waals surface area contributed by atoms with Crippen molar-refractivity contribution in [2.45, 2.75) is 6.42 Å². The minimum Gasteiger partial charge on any atom is -0.273 e. The van der Waals surface area contributed by atoms with Crippen LogP contribution in [0.4, 0.5) is 5.69 Å². The van der Waals surface area contributed by atoms with E-state index in [2.05, 4.69) is 10.5 Å². The molecule has 23 heavy (non-hydrogen) atoms. The van der Waals surface area contributed by atoms with Gasteiger partial charge in [0.15, 0.2) is 0 Å². The second-order valence-corrected chi connectivity index (χ2v) is 4.59.